The second-order valence-corrected chi connectivity index (χ2v) is 8.11. The van der Waals surface area contributed by atoms with Gasteiger partial charge in [0.15, 0.2) is 11.3 Å². The van der Waals surface area contributed by atoms with Crippen molar-refractivity contribution in [3.05, 3.63) is 65.6 Å². The number of hydrogen-bond donors (Lipinski definition) is 1. The normalized spacial score (nSPS) is 14.5. The van der Waals surface area contributed by atoms with Gasteiger partial charge >= 0.3 is 12.1 Å². The molecule has 35 heavy (non-hydrogen) atoms. The van der Waals surface area contributed by atoms with Gasteiger partial charge in [-0.2, -0.15) is 18.3 Å². The highest BCUT2D eigenvalue weighted by Crippen LogP contribution is 2.34. The van der Waals surface area contributed by atoms with Crippen LogP contribution in [0.25, 0.3) is 27.8 Å². The molecular weight excluding hydrogens is 463 g/mol. The van der Waals surface area contributed by atoms with Gasteiger partial charge in [-0.05, 0) is 48.9 Å². The van der Waals surface area contributed by atoms with Crippen molar-refractivity contribution in [1.29, 1.82) is 0 Å². The first kappa shape index (κ1) is 22.8. The zero-order valence-corrected chi connectivity index (χ0v) is 18.6. The van der Waals surface area contributed by atoms with Crippen LogP contribution < -0.4 is 4.90 Å². The number of aromatic nitrogens is 4. The van der Waals surface area contributed by atoms with Gasteiger partial charge in [0.2, 0.25) is 0 Å². The molecule has 5 rings (SSSR count). The minimum absolute atomic E-state index is 0.125. The van der Waals surface area contributed by atoms with E-state index in [0.717, 1.165) is 31.0 Å². The molecule has 1 aliphatic rings. The van der Waals surface area contributed by atoms with Crippen LogP contribution in [-0.4, -0.2) is 57.1 Å². The second-order valence-electron chi connectivity index (χ2n) is 8.11. The van der Waals surface area contributed by atoms with Gasteiger partial charge in [-0.1, -0.05) is 6.07 Å². The monoisotopic (exact) mass is 483 g/mol. The molecule has 4 aromatic rings. The summed E-state index contributed by atoms with van der Waals surface area (Å²) in [5.74, 6) is -0.488. The number of carboxylic acid groups (broad SMARTS) is 1. The number of halogens is 3. The van der Waals surface area contributed by atoms with Crippen molar-refractivity contribution in [1.82, 2.24) is 19.7 Å². The van der Waals surface area contributed by atoms with Gasteiger partial charge in [-0.3, -0.25) is 0 Å². The van der Waals surface area contributed by atoms with Crippen LogP contribution in [0.15, 0.2) is 48.7 Å². The molecule has 3 aromatic heterocycles. The van der Waals surface area contributed by atoms with Crippen molar-refractivity contribution in [2.45, 2.75) is 13.1 Å². The summed E-state index contributed by atoms with van der Waals surface area (Å²) in [4.78, 5) is 22.7. The zero-order valence-electron chi connectivity index (χ0n) is 18.6. The van der Waals surface area contributed by atoms with Crippen LogP contribution >= 0.6 is 0 Å². The van der Waals surface area contributed by atoms with Gasteiger partial charge in [0.05, 0.1) is 35.5 Å². The summed E-state index contributed by atoms with van der Waals surface area (Å²) in [5, 5.41) is 14.6. The number of rotatable bonds is 4. The summed E-state index contributed by atoms with van der Waals surface area (Å²) < 4.78 is 46.5. The van der Waals surface area contributed by atoms with Crippen LogP contribution in [-0.2, 0) is 10.9 Å². The number of ether oxygens (including phenoxy) is 1. The molecule has 1 fully saturated rings. The number of carboxylic acids is 1. The van der Waals surface area contributed by atoms with E-state index in [-0.39, 0.29) is 17.0 Å². The van der Waals surface area contributed by atoms with E-state index in [1.54, 1.807) is 13.1 Å². The molecule has 0 aliphatic carbocycles. The van der Waals surface area contributed by atoms with Crippen molar-refractivity contribution in [3.63, 3.8) is 0 Å². The van der Waals surface area contributed by atoms with Gasteiger partial charge in [0, 0.05) is 24.8 Å². The number of aromatic carboxylic acids is 1. The highest BCUT2D eigenvalue weighted by atomic mass is 19.4. The van der Waals surface area contributed by atoms with Crippen molar-refractivity contribution in [2.24, 2.45) is 0 Å². The first-order valence-electron chi connectivity index (χ1n) is 10.8. The number of nitrogens with zero attached hydrogens (tertiary/aromatic N) is 5. The molecule has 1 aromatic carbocycles. The topological polar surface area (TPSA) is 93.4 Å². The molecule has 8 nitrogen and oxygen atoms in total. The maximum atomic E-state index is 13.3. The largest absolute Gasteiger partial charge is 0.477 e. The number of pyridine rings is 2. The Hall–Kier alpha value is -3.99. The Labute approximate surface area is 197 Å². The van der Waals surface area contributed by atoms with E-state index >= 15 is 0 Å². The van der Waals surface area contributed by atoms with E-state index in [4.69, 9.17) is 4.74 Å². The van der Waals surface area contributed by atoms with E-state index in [1.807, 2.05) is 12.1 Å². The van der Waals surface area contributed by atoms with E-state index in [0.29, 0.717) is 35.4 Å². The molecule has 1 N–H and O–H groups in total. The number of alkyl halides is 3. The number of hydrogen-bond acceptors (Lipinski definition) is 6. The van der Waals surface area contributed by atoms with Gasteiger partial charge in [-0.15, -0.1) is 0 Å². The third-order valence-electron chi connectivity index (χ3n) is 5.84. The first-order valence-corrected chi connectivity index (χ1v) is 10.8. The molecule has 4 heterocycles. The van der Waals surface area contributed by atoms with Crippen molar-refractivity contribution in [3.8, 4) is 16.8 Å². The number of benzene rings is 1. The van der Waals surface area contributed by atoms with E-state index in [9.17, 15) is 23.1 Å². The number of carbonyl (C=O) groups is 1. The fourth-order valence-corrected chi connectivity index (χ4v) is 4.15. The lowest BCUT2D eigenvalue weighted by Crippen LogP contribution is -2.36. The van der Waals surface area contributed by atoms with Crippen LogP contribution in [0.5, 0.6) is 0 Å². The SMILES string of the molecule is Cc1nn(-c2cccc(C(F)(F)F)c2)c2nc(C(=O)O)cc(-c3ccc(N4CCOCC4)nc3)c12. The van der Waals surface area contributed by atoms with E-state index in [2.05, 4.69) is 20.0 Å². The number of anilines is 1. The van der Waals surface area contributed by atoms with Crippen molar-refractivity contribution < 1.29 is 27.8 Å². The maximum Gasteiger partial charge on any atom is 0.416 e. The van der Waals surface area contributed by atoms with Crippen LogP contribution in [0.4, 0.5) is 19.0 Å². The van der Waals surface area contributed by atoms with Crippen molar-refractivity contribution in [2.75, 3.05) is 31.2 Å². The predicted molar refractivity (Wildman–Crippen MR) is 122 cm³/mol. The molecule has 11 heteroatoms. The highest BCUT2D eigenvalue weighted by molar-refractivity contribution is 5.99. The number of fused-ring (bicyclic) bond motifs is 1. The molecule has 0 saturated carbocycles. The lowest BCUT2D eigenvalue weighted by atomic mass is 10.0. The summed E-state index contributed by atoms with van der Waals surface area (Å²) in [6.45, 7) is 4.37. The molecule has 180 valence electrons. The molecule has 0 spiro atoms. The van der Waals surface area contributed by atoms with Crippen LogP contribution in [0, 0.1) is 6.92 Å². The minimum Gasteiger partial charge on any atom is -0.477 e. The Morgan fingerprint density at radius 3 is 2.54 bits per heavy atom. The summed E-state index contributed by atoms with van der Waals surface area (Å²) >= 11 is 0. The predicted octanol–water partition coefficient (Wildman–Crippen LogP) is 4.34. The smallest absolute Gasteiger partial charge is 0.416 e. The first-order chi connectivity index (χ1) is 16.7. The van der Waals surface area contributed by atoms with Gasteiger partial charge < -0.3 is 14.7 Å². The summed E-state index contributed by atoms with van der Waals surface area (Å²) in [5.41, 5.74) is 0.849. The Balaban J connectivity index is 1.66. The van der Waals surface area contributed by atoms with Crippen LogP contribution in [0.1, 0.15) is 21.7 Å². The minimum atomic E-state index is -4.53. The summed E-state index contributed by atoms with van der Waals surface area (Å²) in [7, 11) is 0. The quantitative estimate of drug-likeness (QED) is 0.461. The molecule has 0 bridgehead atoms. The van der Waals surface area contributed by atoms with E-state index in [1.165, 1.54) is 22.9 Å². The highest BCUT2D eigenvalue weighted by Gasteiger charge is 2.31. The third kappa shape index (κ3) is 4.30. The van der Waals surface area contributed by atoms with Gasteiger partial charge in [0.1, 0.15) is 5.82 Å². The lowest BCUT2D eigenvalue weighted by molar-refractivity contribution is -0.137. The molecule has 1 saturated heterocycles. The number of aryl methyl sites for hydroxylation is 1. The summed E-state index contributed by atoms with van der Waals surface area (Å²) in [6.07, 6.45) is -2.89. The van der Waals surface area contributed by atoms with Crippen molar-refractivity contribution >= 4 is 22.8 Å². The molecule has 0 amide bonds. The standard InChI is InChI=1S/C24H20F3N5O3/c1-14-21-18(15-5-6-20(28-13-15)31-7-9-35-10-8-31)12-19(23(33)34)29-22(21)32(30-14)17-4-2-3-16(11-17)24(25,26)27/h2-6,11-13H,7-10H2,1H3,(H,33,34). The third-order valence-corrected chi connectivity index (χ3v) is 5.84. The van der Waals surface area contributed by atoms with E-state index < -0.39 is 17.7 Å². The Bertz CT molecular complexity index is 1410. The van der Waals surface area contributed by atoms with Gasteiger partial charge in [-0.25, -0.2) is 19.4 Å². The zero-order chi connectivity index (χ0) is 24.7. The average molecular weight is 483 g/mol. The number of morpholine rings is 1. The maximum absolute atomic E-state index is 13.3. The Kier molecular flexibility index (Phi) is 5.64. The molecule has 0 atom stereocenters. The summed E-state index contributed by atoms with van der Waals surface area (Å²) in [6, 6.07) is 9.77. The van der Waals surface area contributed by atoms with Crippen LogP contribution in [0.3, 0.4) is 0 Å². The molecular formula is C24H20F3N5O3. The second kappa shape index (κ2) is 8.66. The average Bonchev–Trinajstić information content (AvgIpc) is 3.20. The molecule has 1 aliphatic heterocycles. The lowest BCUT2D eigenvalue weighted by Gasteiger charge is -2.27. The Morgan fingerprint density at radius 1 is 1.11 bits per heavy atom. The fourth-order valence-electron chi connectivity index (χ4n) is 4.15. The molecule has 0 unspecified atom stereocenters. The van der Waals surface area contributed by atoms with Gasteiger partial charge in [0.25, 0.3) is 0 Å². The van der Waals surface area contributed by atoms with Crippen LogP contribution in [0.2, 0.25) is 0 Å². The Morgan fingerprint density at radius 2 is 1.89 bits per heavy atom. The fraction of sp³-hybridized carbons (Fsp3) is 0.250. The molecule has 0 radical (unpaired) electrons.